The summed E-state index contributed by atoms with van der Waals surface area (Å²) in [5.41, 5.74) is 7.62. The maximum atomic E-state index is 12.2. The van der Waals surface area contributed by atoms with Crippen LogP contribution in [0.3, 0.4) is 0 Å². The molecule has 0 saturated carbocycles. The molecule has 1 rings (SSSR count). The Morgan fingerprint density at radius 2 is 1.86 bits per heavy atom. The number of hydrogen-bond donors (Lipinski definition) is 1. The summed E-state index contributed by atoms with van der Waals surface area (Å²) in [6, 6.07) is 4.88. The Bertz CT molecular complexity index is 444. The van der Waals surface area contributed by atoms with Crippen LogP contribution in [0.1, 0.15) is 44.2 Å². The maximum absolute atomic E-state index is 12.2. The predicted molar refractivity (Wildman–Crippen MR) is 78.2 cm³/mol. The van der Waals surface area contributed by atoms with Crippen molar-refractivity contribution in [2.24, 2.45) is 11.7 Å². The first kappa shape index (κ1) is 17.8. The Morgan fingerprint density at radius 3 is 2.43 bits per heavy atom. The van der Waals surface area contributed by atoms with Gasteiger partial charge in [0.25, 0.3) is 0 Å². The third-order valence-electron chi connectivity index (χ3n) is 3.16. The first-order valence-corrected chi connectivity index (χ1v) is 7.27. The van der Waals surface area contributed by atoms with E-state index in [0.717, 1.165) is 30.4 Å². The Labute approximate surface area is 124 Å². The van der Waals surface area contributed by atoms with Crippen LogP contribution in [-0.2, 0) is 6.42 Å². The molecule has 0 aliphatic carbocycles. The molecule has 2 N–H and O–H groups in total. The molecule has 1 atom stereocenters. The first-order valence-electron chi connectivity index (χ1n) is 7.27. The van der Waals surface area contributed by atoms with E-state index >= 15 is 0 Å². The zero-order valence-electron chi connectivity index (χ0n) is 12.8. The lowest BCUT2D eigenvalue weighted by atomic mass is 9.98. The molecular formula is C16H24F3NO. The number of aryl methyl sites for hydroxylation is 2. The van der Waals surface area contributed by atoms with Crippen LogP contribution in [0, 0.1) is 12.8 Å². The highest BCUT2D eigenvalue weighted by Crippen LogP contribution is 2.25. The van der Waals surface area contributed by atoms with Crippen molar-refractivity contribution in [3.05, 3.63) is 29.3 Å². The Morgan fingerprint density at radius 1 is 1.19 bits per heavy atom. The minimum absolute atomic E-state index is 0.149. The summed E-state index contributed by atoms with van der Waals surface area (Å²) in [5.74, 6) is 0.412. The molecule has 1 aromatic rings. The Kier molecular flexibility index (Phi) is 6.52. The van der Waals surface area contributed by atoms with Gasteiger partial charge in [-0.1, -0.05) is 19.9 Å². The summed E-state index contributed by atoms with van der Waals surface area (Å²) in [7, 11) is 0. The fourth-order valence-electron chi connectivity index (χ4n) is 2.45. The average Bonchev–Trinajstić information content (AvgIpc) is 2.24. The standard InChI is InChI=1S/C16H24F3NO/c1-11(2)7-14(20)6-4-5-13-8-12(3)9-15(10-13)21-16(17,18)19/h8-11,14H,4-7,20H2,1-3H3/t14-/m0/s1. The molecule has 0 aromatic heterocycles. The van der Waals surface area contributed by atoms with Crippen molar-refractivity contribution >= 4 is 0 Å². The van der Waals surface area contributed by atoms with Gasteiger partial charge in [-0.3, -0.25) is 0 Å². The second-order valence-electron chi connectivity index (χ2n) is 5.98. The van der Waals surface area contributed by atoms with Gasteiger partial charge < -0.3 is 10.5 Å². The lowest BCUT2D eigenvalue weighted by Crippen LogP contribution is -2.22. The molecule has 0 radical (unpaired) electrons. The van der Waals surface area contributed by atoms with E-state index in [1.165, 1.54) is 12.1 Å². The van der Waals surface area contributed by atoms with E-state index in [0.29, 0.717) is 12.3 Å². The van der Waals surface area contributed by atoms with Crippen LogP contribution >= 0.6 is 0 Å². The number of hydrogen-bond acceptors (Lipinski definition) is 2. The smallest absolute Gasteiger partial charge is 0.406 e. The van der Waals surface area contributed by atoms with Crippen LogP contribution in [0.2, 0.25) is 0 Å². The van der Waals surface area contributed by atoms with Gasteiger partial charge in [0.1, 0.15) is 5.75 Å². The van der Waals surface area contributed by atoms with E-state index in [9.17, 15) is 13.2 Å². The zero-order chi connectivity index (χ0) is 16.0. The average molecular weight is 303 g/mol. The van der Waals surface area contributed by atoms with Crippen molar-refractivity contribution in [2.45, 2.75) is 58.9 Å². The second kappa shape index (κ2) is 7.69. The Balaban J connectivity index is 2.55. The van der Waals surface area contributed by atoms with Gasteiger partial charge in [-0.2, -0.15) is 0 Å². The molecule has 21 heavy (non-hydrogen) atoms. The van der Waals surface area contributed by atoms with Crippen molar-refractivity contribution in [1.82, 2.24) is 0 Å². The van der Waals surface area contributed by atoms with Gasteiger partial charge in [0.15, 0.2) is 0 Å². The van der Waals surface area contributed by atoms with Crippen molar-refractivity contribution in [3.8, 4) is 5.75 Å². The molecule has 5 heteroatoms. The largest absolute Gasteiger partial charge is 0.573 e. The molecule has 0 saturated heterocycles. The number of alkyl halides is 3. The highest BCUT2D eigenvalue weighted by molar-refractivity contribution is 5.34. The number of halogens is 3. The van der Waals surface area contributed by atoms with Crippen LogP contribution in [0.15, 0.2) is 18.2 Å². The SMILES string of the molecule is Cc1cc(CCC[C@H](N)CC(C)C)cc(OC(F)(F)F)c1. The minimum atomic E-state index is -4.65. The van der Waals surface area contributed by atoms with Gasteiger partial charge in [0.2, 0.25) is 0 Å². The van der Waals surface area contributed by atoms with Gasteiger partial charge in [-0.15, -0.1) is 13.2 Å². The molecule has 0 spiro atoms. The number of ether oxygens (including phenoxy) is 1. The van der Waals surface area contributed by atoms with Crippen molar-refractivity contribution in [3.63, 3.8) is 0 Å². The molecule has 120 valence electrons. The van der Waals surface area contributed by atoms with Gasteiger partial charge >= 0.3 is 6.36 Å². The van der Waals surface area contributed by atoms with Crippen LogP contribution < -0.4 is 10.5 Å². The molecular weight excluding hydrogens is 279 g/mol. The van der Waals surface area contributed by atoms with Gasteiger partial charge in [0, 0.05) is 6.04 Å². The molecule has 0 fully saturated rings. The maximum Gasteiger partial charge on any atom is 0.573 e. The lowest BCUT2D eigenvalue weighted by Gasteiger charge is -2.14. The summed E-state index contributed by atoms with van der Waals surface area (Å²) in [5, 5.41) is 0. The molecule has 0 aliphatic rings. The molecule has 0 amide bonds. The lowest BCUT2D eigenvalue weighted by molar-refractivity contribution is -0.274. The summed E-state index contributed by atoms with van der Waals surface area (Å²) in [6.07, 6.45) is -1.23. The molecule has 0 aliphatic heterocycles. The second-order valence-corrected chi connectivity index (χ2v) is 5.98. The van der Waals surface area contributed by atoms with Gasteiger partial charge in [-0.25, -0.2) is 0 Å². The van der Waals surface area contributed by atoms with E-state index in [2.05, 4.69) is 18.6 Å². The highest BCUT2D eigenvalue weighted by Gasteiger charge is 2.31. The fraction of sp³-hybridized carbons (Fsp3) is 0.625. The summed E-state index contributed by atoms with van der Waals surface area (Å²) >= 11 is 0. The fourth-order valence-corrected chi connectivity index (χ4v) is 2.45. The molecule has 0 bridgehead atoms. The molecule has 0 unspecified atom stereocenters. The molecule has 1 aromatic carbocycles. The monoisotopic (exact) mass is 303 g/mol. The van der Waals surface area contributed by atoms with Crippen molar-refractivity contribution in [1.29, 1.82) is 0 Å². The number of benzene rings is 1. The molecule has 2 nitrogen and oxygen atoms in total. The van der Waals surface area contributed by atoms with Crippen LogP contribution in [-0.4, -0.2) is 12.4 Å². The van der Waals surface area contributed by atoms with E-state index in [1.54, 1.807) is 6.92 Å². The third kappa shape index (κ3) is 7.95. The topological polar surface area (TPSA) is 35.2 Å². The van der Waals surface area contributed by atoms with Crippen LogP contribution in [0.25, 0.3) is 0 Å². The van der Waals surface area contributed by atoms with Gasteiger partial charge in [-0.05, 0) is 61.8 Å². The van der Waals surface area contributed by atoms with E-state index in [4.69, 9.17) is 5.73 Å². The van der Waals surface area contributed by atoms with Crippen LogP contribution in [0.5, 0.6) is 5.75 Å². The normalized spacial score (nSPS) is 13.5. The Hall–Kier alpha value is -1.23. The van der Waals surface area contributed by atoms with E-state index < -0.39 is 6.36 Å². The van der Waals surface area contributed by atoms with Crippen LogP contribution in [0.4, 0.5) is 13.2 Å². The summed E-state index contributed by atoms with van der Waals surface area (Å²) < 4.78 is 40.7. The van der Waals surface area contributed by atoms with E-state index in [1.807, 2.05) is 6.07 Å². The first-order chi connectivity index (χ1) is 9.65. The van der Waals surface area contributed by atoms with E-state index in [-0.39, 0.29) is 11.8 Å². The molecule has 0 heterocycles. The predicted octanol–water partition coefficient (Wildman–Crippen LogP) is 4.59. The quantitative estimate of drug-likeness (QED) is 0.799. The number of rotatable bonds is 7. The third-order valence-corrected chi connectivity index (χ3v) is 3.16. The van der Waals surface area contributed by atoms with Crippen molar-refractivity contribution in [2.75, 3.05) is 0 Å². The zero-order valence-corrected chi connectivity index (χ0v) is 12.8. The summed E-state index contributed by atoms with van der Waals surface area (Å²) in [4.78, 5) is 0. The minimum Gasteiger partial charge on any atom is -0.406 e. The highest BCUT2D eigenvalue weighted by atomic mass is 19.4. The van der Waals surface area contributed by atoms with Gasteiger partial charge in [0.05, 0.1) is 0 Å². The number of nitrogens with two attached hydrogens (primary N) is 1. The summed E-state index contributed by atoms with van der Waals surface area (Å²) in [6.45, 7) is 6.01. The van der Waals surface area contributed by atoms with Crippen molar-refractivity contribution < 1.29 is 17.9 Å².